The van der Waals surface area contributed by atoms with Crippen molar-refractivity contribution in [1.82, 2.24) is 0 Å². The maximum Gasteiger partial charge on any atom is -0.000384 e. The van der Waals surface area contributed by atoms with Crippen LogP contribution in [0.5, 0.6) is 0 Å². The summed E-state index contributed by atoms with van der Waals surface area (Å²) in [5, 5.41) is 0. The second-order valence-corrected chi connectivity index (χ2v) is 117. The lowest BCUT2D eigenvalue weighted by Crippen LogP contribution is -1.63. The molecular formula is H30P28. The monoisotopic (exact) mass is 898 g/mol. The van der Waals surface area contributed by atoms with Gasteiger partial charge in [-0.1, -0.05) is 0 Å². The van der Waals surface area contributed by atoms with Crippen LogP contribution >= 0.6 is 225 Å². The van der Waals surface area contributed by atoms with Crippen molar-refractivity contribution in [1.29, 1.82) is 0 Å². The van der Waals surface area contributed by atoms with Crippen LogP contribution in [0.2, 0.25) is 0 Å². The summed E-state index contributed by atoms with van der Waals surface area (Å²) in [6.07, 6.45) is 0. The van der Waals surface area contributed by atoms with Gasteiger partial charge in [0.05, 0.1) is 0 Å². The third kappa shape index (κ3) is 14.5. The zero-order chi connectivity index (χ0) is 22.5. The first kappa shape index (κ1) is 40.0. The molecule has 0 aliphatic carbocycles. The average molecular weight is 898 g/mol. The Bertz CT molecular complexity index is 354. The van der Waals surface area contributed by atoms with Gasteiger partial charge in [0.25, 0.3) is 0 Å². The predicted molar refractivity (Wildman–Crippen MR) is 236 cm³/mol. The van der Waals surface area contributed by atoms with E-state index < -0.39 is 0 Å². The Morgan fingerprint density at radius 1 is 0.214 bits per heavy atom. The van der Waals surface area contributed by atoms with Gasteiger partial charge < -0.3 is 0 Å². The molecule has 17 atom stereocenters. The van der Waals surface area contributed by atoms with E-state index in [1.807, 2.05) is 0 Å². The second kappa shape index (κ2) is 21.7. The van der Waals surface area contributed by atoms with Crippen molar-refractivity contribution in [3.05, 3.63) is 0 Å². The van der Waals surface area contributed by atoms with E-state index in [4.69, 9.17) is 0 Å². The maximum absolute atomic E-state index is 3.43. The molecule has 0 spiro atoms. The first-order valence-corrected chi connectivity index (χ1v) is 56.5. The molecule has 0 nitrogen and oxygen atoms in total. The molecule has 28 heavy (non-hydrogen) atoms. The van der Waals surface area contributed by atoms with Crippen LogP contribution in [0.3, 0.4) is 0 Å². The smallest absolute Gasteiger partial charge is 0.000384 e. The van der Waals surface area contributed by atoms with Crippen LogP contribution in [0.1, 0.15) is 0 Å². The van der Waals surface area contributed by atoms with Crippen molar-refractivity contribution in [2.24, 2.45) is 0 Å². The van der Waals surface area contributed by atoms with Gasteiger partial charge in [-0.3, -0.25) is 0 Å². The minimum Gasteiger partial charge on any atom is -0.102 e. The van der Waals surface area contributed by atoms with Crippen LogP contribution in [-0.2, 0) is 0 Å². The predicted octanol–water partition coefficient (Wildman–Crippen LogP) is 16.1. The molecule has 0 heterocycles. The van der Waals surface area contributed by atoms with E-state index in [-0.39, 0.29) is 90.8 Å². The summed E-state index contributed by atoms with van der Waals surface area (Å²) in [6.45, 7) is -0.00591. The van der Waals surface area contributed by atoms with Gasteiger partial charge >= 0.3 is 0 Å². The molecule has 0 rings (SSSR count). The Morgan fingerprint density at radius 2 is 0.429 bits per heavy atom. The van der Waals surface area contributed by atoms with Gasteiger partial charge in [-0.05, 0) is 90.8 Å². The standard InChI is InChI=1S/H30P28/c1-16(2)23(15)27(24(17(3)4)18(5)6)28(25(19(7)8)20(9)10)26(21(11)12)22(13)14/h1-15H2. The van der Waals surface area contributed by atoms with Crippen LogP contribution in [0.25, 0.3) is 0 Å². The van der Waals surface area contributed by atoms with Crippen LogP contribution in [0.4, 0.5) is 0 Å². The Balaban J connectivity index is 6.81. The highest BCUT2D eigenvalue weighted by Gasteiger charge is 2.49. The summed E-state index contributed by atoms with van der Waals surface area (Å²) in [4.78, 5) is 0. The highest BCUT2D eigenvalue weighted by Crippen LogP contribution is 3.37. The Labute approximate surface area is 222 Å². The minimum absolute atomic E-state index is 0.00189. The van der Waals surface area contributed by atoms with Crippen molar-refractivity contribution < 1.29 is 0 Å². The van der Waals surface area contributed by atoms with E-state index >= 15 is 0 Å². The molecule has 0 aromatic rings. The fraction of sp³-hybridized carbons (Fsp3) is 0. The fourth-order valence-electron chi connectivity index (χ4n) is 1.45. The minimum atomic E-state index is -0.0421. The Kier molecular flexibility index (Phi) is 31.0. The number of hydrogen-bond donors (Lipinski definition) is 0. The van der Waals surface area contributed by atoms with Crippen LogP contribution in [0, 0.1) is 0 Å². The van der Waals surface area contributed by atoms with Crippen LogP contribution < -0.4 is 0 Å². The molecule has 0 aliphatic rings. The van der Waals surface area contributed by atoms with Crippen LogP contribution in [0.15, 0.2) is 0 Å². The molecule has 0 fully saturated rings. The molecule has 0 saturated heterocycles. The van der Waals surface area contributed by atoms with Gasteiger partial charge in [-0.15, -0.1) is 134 Å². The van der Waals surface area contributed by atoms with E-state index in [2.05, 4.69) is 134 Å². The summed E-state index contributed by atoms with van der Waals surface area (Å²) in [6, 6.07) is 0. The topological polar surface area (TPSA) is 0 Å². The molecule has 0 saturated carbocycles. The number of hydrogen-bond acceptors (Lipinski definition) is 0. The molecule has 170 valence electrons. The zero-order valence-corrected chi connectivity index (χ0v) is 43.4. The zero-order valence-electron chi connectivity index (χ0n) is 14.5. The van der Waals surface area contributed by atoms with E-state index in [0.29, 0.717) is 0 Å². The van der Waals surface area contributed by atoms with Gasteiger partial charge in [0.15, 0.2) is 0 Å². The van der Waals surface area contributed by atoms with Gasteiger partial charge in [0.1, 0.15) is 0 Å². The molecule has 0 aromatic carbocycles. The number of rotatable bonds is 12. The fourth-order valence-corrected chi connectivity index (χ4v) is 353. The largest absolute Gasteiger partial charge is 0.102 e. The summed E-state index contributed by atoms with van der Waals surface area (Å²) in [7, 11) is 49.0. The van der Waals surface area contributed by atoms with Crippen molar-refractivity contribution in [2.75, 3.05) is 0 Å². The molecular weight excluding hydrogens is 867 g/mol. The molecule has 0 bridgehead atoms. The van der Waals surface area contributed by atoms with E-state index in [1.54, 1.807) is 0 Å². The summed E-state index contributed by atoms with van der Waals surface area (Å²) < 4.78 is 0. The van der Waals surface area contributed by atoms with Crippen molar-refractivity contribution in [2.45, 2.75) is 0 Å². The van der Waals surface area contributed by atoms with Gasteiger partial charge in [-0.25, -0.2) is 0 Å². The molecule has 17 unspecified atom stereocenters. The van der Waals surface area contributed by atoms with Crippen molar-refractivity contribution in [3.63, 3.8) is 0 Å². The normalized spacial score (nSPS) is 16.1. The lowest BCUT2D eigenvalue weighted by atomic mass is 28.5. The third-order valence-electron chi connectivity index (χ3n) is 2.30. The first-order valence-electron chi connectivity index (χ1n) is 6.27. The summed E-state index contributed by atoms with van der Waals surface area (Å²) in [5.41, 5.74) is 0. The highest BCUT2D eigenvalue weighted by atomic mass is 33.5. The second-order valence-electron chi connectivity index (χ2n) is 4.32. The molecule has 0 radical (unpaired) electrons. The van der Waals surface area contributed by atoms with Crippen molar-refractivity contribution >= 4 is 225 Å². The first-order chi connectivity index (χ1) is 12.7. The van der Waals surface area contributed by atoms with Gasteiger partial charge in [0.2, 0.25) is 0 Å². The summed E-state index contributed by atoms with van der Waals surface area (Å²) in [5.74, 6) is 0. The lowest BCUT2D eigenvalue weighted by Gasteiger charge is -2.51. The van der Waals surface area contributed by atoms with Crippen LogP contribution in [-0.4, -0.2) is 0 Å². The molecule has 0 aromatic heterocycles. The maximum atomic E-state index is 3.43. The Hall–Kier alpha value is 12.0. The molecule has 0 amide bonds. The van der Waals surface area contributed by atoms with E-state index in [9.17, 15) is 0 Å². The highest BCUT2D eigenvalue weighted by molar-refractivity contribution is 9.42. The molecule has 0 N–H and O–H groups in total. The third-order valence-corrected chi connectivity index (χ3v) is 186. The van der Waals surface area contributed by atoms with Crippen molar-refractivity contribution in [3.8, 4) is 0 Å². The van der Waals surface area contributed by atoms with E-state index in [0.717, 1.165) is 0 Å². The lowest BCUT2D eigenvalue weighted by molar-refractivity contribution is 4.43. The van der Waals surface area contributed by atoms with E-state index in [1.165, 1.54) is 0 Å². The summed E-state index contributed by atoms with van der Waals surface area (Å²) >= 11 is 0. The quantitative estimate of drug-likeness (QED) is 0.171. The molecule has 28 heteroatoms. The van der Waals surface area contributed by atoms with Gasteiger partial charge in [-0.2, -0.15) is 0 Å². The molecule has 0 aliphatic heterocycles. The average Bonchev–Trinajstić information content (AvgIpc) is 2.48. The Morgan fingerprint density at radius 3 is 0.607 bits per heavy atom. The van der Waals surface area contributed by atoms with Gasteiger partial charge in [0, 0.05) is 0 Å². The SMILES string of the molecule is PP(P)P(P)P(P(P(P)P)P(P)P)P(P(P(P)P)P(P)P)P(P(P)P)P(P)P.